The predicted molar refractivity (Wildman–Crippen MR) is 107 cm³/mol. The molecule has 152 valence electrons. The molecule has 3 aromatic heterocycles. The van der Waals surface area contributed by atoms with Crippen LogP contribution in [0.3, 0.4) is 0 Å². The molecule has 3 aromatic rings. The van der Waals surface area contributed by atoms with Gasteiger partial charge in [-0.05, 0) is 39.8 Å². The molecule has 1 N–H and O–H groups in total. The number of aliphatic hydroxyl groups is 1. The van der Waals surface area contributed by atoms with Crippen LogP contribution in [0.4, 0.5) is 0 Å². The first-order chi connectivity index (χ1) is 13.5. The number of likely N-dealkylation sites (tertiary alicyclic amines) is 1. The van der Waals surface area contributed by atoms with Crippen molar-refractivity contribution in [3.63, 3.8) is 0 Å². The SMILES string of the molecule is Cc1c(C)n2c3c(=O)n(CCN4CCCCC4)c(=O)n(C)c3nc2n1CCO. The van der Waals surface area contributed by atoms with E-state index in [9.17, 15) is 14.7 Å². The zero-order valence-electron chi connectivity index (χ0n) is 16.8. The van der Waals surface area contributed by atoms with Gasteiger partial charge >= 0.3 is 5.69 Å². The van der Waals surface area contributed by atoms with E-state index in [1.54, 1.807) is 7.05 Å². The van der Waals surface area contributed by atoms with Crippen LogP contribution in [0, 0.1) is 13.8 Å². The Balaban J connectivity index is 1.88. The monoisotopic (exact) mass is 388 g/mol. The predicted octanol–water partition coefficient (Wildman–Crippen LogP) is 0.244. The number of rotatable bonds is 5. The van der Waals surface area contributed by atoms with Gasteiger partial charge in [-0.15, -0.1) is 0 Å². The molecule has 0 bridgehead atoms. The molecule has 0 radical (unpaired) electrons. The highest BCUT2D eigenvalue weighted by atomic mass is 16.3. The summed E-state index contributed by atoms with van der Waals surface area (Å²) in [5, 5.41) is 9.40. The van der Waals surface area contributed by atoms with Gasteiger partial charge in [-0.2, -0.15) is 4.98 Å². The molecule has 0 unspecified atom stereocenters. The summed E-state index contributed by atoms with van der Waals surface area (Å²) in [6.07, 6.45) is 3.60. The summed E-state index contributed by atoms with van der Waals surface area (Å²) >= 11 is 0. The van der Waals surface area contributed by atoms with Crippen LogP contribution in [-0.4, -0.2) is 59.3 Å². The van der Waals surface area contributed by atoms with Crippen molar-refractivity contribution in [1.29, 1.82) is 0 Å². The fraction of sp³-hybridized carbons (Fsp3) is 0.632. The number of piperidine rings is 1. The first-order valence-corrected chi connectivity index (χ1v) is 9.96. The Kier molecular flexibility index (Phi) is 4.88. The highest BCUT2D eigenvalue weighted by molar-refractivity contribution is 5.76. The van der Waals surface area contributed by atoms with E-state index in [4.69, 9.17) is 0 Å². The molecule has 1 fully saturated rings. The third-order valence-corrected chi connectivity index (χ3v) is 6.04. The largest absolute Gasteiger partial charge is 0.395 e. The van der Waals surface area contributed by atoms with Gasteiger partial charge in [0.2, 0.25) is 5.78 Å². The van der Waals surface area contributed by atoms with Crippen LogP contribution in [0.1, 0.15) is 30.7 Å². The molecule has 9 heteroatoms. The number of hydrogen-bond acceptors (Lipinski definition) is 5. The van der Waals surface area contributed by atoms with Gasteiger partial charge in [0.1, 0.15) is 0 Å². The highest BCUT2D eigenvalue weighted by Gasteiger charge is 2.22. The van der Waals surface area contributed by atoms with Crippen LogP contribution in [0.2, 0.25) is 0 Å². The third-order valence-electron chi connectivity index (χ3n) is 6.04. The molecule has 9 nitrogen and oxygen atoms in total. The molecule has 0 atom stereocenters. The summed E-state index contributed by atoms with van der Waals surface area (Å²) in [7, 11) is 1.66. The van der Waals surface area contributed by atoms with E-state index in [1.165, 1.54) is 28.4 Å². The number of imidazole rings is 2. The second-order valence-corrected chi connectivity index (χ2v) is 7.67. The van der Waals surface area contributed by atoms with Gasteiger partial charge in [0, 0.05) is 38.1 Å². The molecule has 0 aromatic carbocycles. The summed E-state index contributed by atoms with van der Waals surface area (Å²) in [6, 6.07) is 0. The lowest BCUT2D eigenvalue weighted by molar-refractivity contribution is 0.218. The van der Waals surface area contributed by atoms with E-state index < -0.39 is 0 Å². The molecule has 1 aliphatic rings. The van der Waals surface area contributed by atoms with Gasteiger partial charge < -0.3 is 14.6 Å². The Morgan fingerprint density at radius 1 is 0.964 bits per heavy atom. The number of aliphatic hydroxyl groups excluding tert-OH is 1. The second kappa shape index (κ2) is 7.21. The van der Waals surface area contributed by atoms with Crippen molar-refractivity contribution in [3.8, 4) is 0 Å². The quantitative estimate of drug-likeness (QED) is 0.677. The average Bonchev–Trinajstić information content (AvgIpc) is 3.19. The van der Waals surface area contributed by atoms with Crippen molar-refractivity contribution in [3.05, 3.63) is 32.2 Å². The number of aromatic nitrogens is 5. The number of fused-ring (bicyclic) bond motifs is 3. The Bertz CT molecular complexity index is 1140. The normalized spacial score (nSPS) is 15.9. The minimum Gasteiger partial charge on any atom is -0.395 e. The smallest absolute Gasteiger partial charge is 0.332 e. The molecule has 4 rings (SSSR count). The molecule has 1 saturated heterocycles. The van der Waals surface area contributed by atoms with Gasteiger partial charge in [-0.25, -0.2) is 4.79 Å². The Labute approximate surface area is 162 Å². The van der Waals surface area contributed by atoms with Crippen LogP contribution >= 0.6 is 0 Å². The molecule has 0 aliphatic carbocycles. The van der Waals surface area contributed by atoms with E-state index in [-0.39, 0.29) is 17.9 Å². The number of nitrogens with zero attached hydrogens (tertiary/aromatic N) is 6. The van der Waals surface area contributed by atoms with Crippen molar-refractivity contribution < 1.29 is 5.11 Å². The fourth-order valence-electron chi connectivity index (χ4n) is 4.30. The van der Waals surface area contributed by atoms with Crippen LogP contribution in [0.15, 0.2) is 9.59 Å². The van der Waals surface area contributed by atoms with Crippen LogP contribution in [0.5, 0.6) is 0 Å². The zero-order valence-corrected chi connectivity index (χ0v) is 16.8. The average molecular weight is 388 g/mol. The third kappa shape index (κ3) is 2.80. The van der Waals surface area contributed by atoms with E-state index in [2.05, 4.69) is 9.88 Å². The van der Waals surface area contributed by atoms with E-state index in [0.717, 1.165) is 24.5 Å². The molecule has 0 spiro atoms. The maximum atomic E-state index is 13.3. The van der Waals surface area contributed by atoms with Crippen LogP contribution in [0.25, 0.3) is 16.9 Å². The molecular weight excluding hydrogens is 360 g/mol. The van der Waals surface area contributed by atoms with Gasteiger partial charge in [-0.1, -0.05) is 6.42 Å². The standard InChI is InChI=1S/C19H28N6O3/c1-13-14(2)25-15-16(20-18(25)23(13)11-12-26)21(3)19(28)24(17(15)27)10-9-22-7-5-4-6-8-22/h26H,4-12H2,1-3H3. The first kappa shape index (κ1) is 18.9. The number of aryl methyl sites for hydroxylation is 2. The van der Waals surface area contributed by atoms with Crippen molar-refractivity contribution in [2.24, 2.45) is 7.05 Å². The molecule has 4 heterocycles. The van der Waals surface area contributed by atoms with E-state index in [0.29, 0.717) is 36.6 Å². The maximum Gasteiger partial charge on any atom is 0.332 e. The highest BCUT2D eigenvalue weighted by Crippen LogP contribution is 2.20. The molecule has 1 aliphatic heterocycles. The van der Waals surface area contributed by atoms with Crippen LogP contribution in [-0.2, 0) is 20.1 Å². The van der Waals surface area contributed by atoms with Gasteiger partial charge in [0.15, 0.2) is 11.2 Å². The lowest BCUT2D eigenvalue weighted by Crippen LogP contribution is -2.43. The van der Waals surface area contributed by atoms with Gasteiger partial charge in [0.25, 0.3) is 5.56 Å². The summed E-state index contributed by atoms with van der Waals surface area (Å²) in [5.41, 5.74) is 2.02. The summed E-state index contributed by atoms with van der Waals surface area (Å²) in [5.74, 6) is 0.583. The van der Waals surface area contributed by atoms with Gasteiger partial charge in [0.05, 0.1) is 6.61 Å². The van der Waals surface area contributed by atoms with Crippen molar-refractivity contribution in [2.75, 3.05) is 26.2 Å². The first-order valence-electron chi connectivity index (χ1n) is 9.96. The Morgan fingerprint density at radius 3 is 2.36 bits per heavy atom. The van der Waals surface area contributed by atoms with E-state index in [1.807, 2.05) is 22.8 Å². The topological polar surface area (TPSA) is 89.7 Å². The number of hydrogen-bond donors (Lipinski definition) is 1. The van der Waals surface area contributed by atoms with Gasteiger partial charge in [-0.3, -0.25) is 18.3 Å². The summed E-state index contributed by atoms with van der Waals surface area (Å²) in [4.78, 5) is 33.0. The Morgan fingerprint density at radius 2 is 1.68 bits per heavy atom. The maximum absolute atomic E-state index is 13.3. The lowest BCUT2D eigenvalue weighted by atomic mass is 10.1. The minimum atomic E-state index is -0.335. The zero-order chi connectivity index (χ0) is 20.0. The molecular formula is C19H28N6O3. The molecule has 28 heavy (non-hydrogen) atoms. The van der Waals surface area contributed by atoms with Crippen molar-refractivity contribution in [2.45, 2.75) is 46.2 Å². The lowest BCUT2D eigenvalue weighted by Gasteiger charge is -2.26. The fourth-order valence-corrected chi connectivity index (χ4v) is 4.30. The molecule has 0 saturated carbocycles. The Hall–Kier alpha value is -2.39. The summed E-state index contributed by atoms with van der Waals surface area (Å²) < 4.78 is 6.50. The van der Waals surface area contributed by atoms with Crippen LogP contribution < -0.4 is 11.2 Å². The van der Waals surface area contributed by atoms with Crippen molar-refractivity contribution >= 4 is 16.9 Å². The second-order valence-electron chi connectivity index (χ2n) is 7.67. The van der Waals surface area contributed by atoms with E-state index >= 15 is 0 Å². The van der Waals surface area contributed by atoms with Crippen molar-refractivity contribution in [1.82, 2.24) is 28.0 Å². The minimum absolute atomic E-state index is 0.0210. The molecule has 0 amide bonds. The summed E-state index contributed by atoms with van der Waals surface area (Å²) in [6.45, 7) is 7.38.